The minimum Gasteiger partial charge on any atom is -0.326 e. The minimum absolute atomic E-state index is 0.0611. The highest BCUT2D eigenvalue weighted by molar-refractivity contribution is 9.10. The number of halogens is 1. The van der Waals surface area contributed by atoms with E-state index in [0.717, 1.165) is 35.0 Å². The van der Waals surface area contributed by atoms with Crippen molar-refractivity contribution < 1.29 is 4.79 Å². The normalized spacial score (nSPS) is 17.6. The number of rotatable bonds is 2. The summed E-state index contributed by atoms with van der Waals surface area (Å²) in [6.07, 6.45) is 2.62. The number of anilines is 1. The Bertz CT molecular complexity index is 653. The fourth-order valence-corrected chi connectivity index (χ4v) is 3.90. The molecule has 1 unspecified atom stereocenters. The molecule has 1 N–H and O–H groups in total. The third kappa shape index (κ3) is 2.79. The van der Waals surface area contributed by atoms with Gasteiger partial charge in [-0.05, 0) is 49.9 Å². The zero-order valence-corrected chi connectivity index (χ0v) is 13.6. The van der Waals surface area contributed by atoms with Gasteiger partial charge in [0.05, 0.1) is 11.2 Å². The lowest BCUT2D eigenvalue weighted by Gasteiger charge is -2.21. The van der Waals surface area contributed by atoms with Gasteiger partial charge in [0, 0.05) is 21.0 Å². The van der Waals surface area contributed by atoms with Gasteiger partial charge in [-0.15, -0.1) is 11.3 Å². The number of thiazole rings is 1. The van der Waals surface area contributed by atoms with Crippen LogP contribution >= 0.6 is 27.3 Å². The molecule has 2 aromatic rings. The van der Waals surface area contributed by atoms with Gasteiger partial charge in [0.15, 0.2) is 0 Å². The largest absolute Gasteiger partial charge is 0.326 e. The number of benzene rings is 1. The predicted molar refractivity (Wildman–Crippen MR) is 85.1 cm³/mol. The van der Waals surface area contributed by atoms with Crippen molar-refractivity contribution in [1.29, 1.82) is 0 Å². The zero-order chi connectivity index (χ0) is 14.1. The quantitative estimate of drug-likeness (QED) is 0.890. The van der Waals surface area contributed by atoms with Crippen LogP contribution in [0.25, 0.3) is 0 Å². The Morgan fingerprint density at radius 3 is 3.15 bits per heavy atom. The molecule has 0 bridgehead atoms. The Hall–Kier alpha value is -1.20. The number of aryl methyl sites for hydroxylation is 2. The van der Waals surface area contributed by atoms with Gasteiger partial charge in [-0.2, -0.15) is 0 Å². The molecule has 1 aromatic heterocycles. The molecular formula is C15H15BrN2OS. The van der Waals surface area contributed by atoms with Crippen LogP contribution in [0.4, 0.5) is 5.69 Å². The fraction of sp³-hybridized carbons (Fsp3) is 0.333. The highest BCUT2D eigenvalue weighted by atomic mass is 79.9. The number of carbonyl (C=O) groups excluding carboxylic acids is 1. The lowest BCUT2D eigenvalue weighted by atomic mass is 9.90. The number of hydrogen-bond donors (Lipinski definition) is 1. The lowest BCUT2D eigenvalue weighted by Crippen LogP contribution is -2.28. The number of fused-ring (bicyclic) bond motifs is 1. The molecular weight excluding hydrogens is 336 g/mol. The van der Waals surface area contributed by atoms with E-state index in [4.69, 9.17) is 0 Å². The topological polar surface area (TPSA) is 42.0 Å². The van der Waals surface area contributed by atoms with Crippen molar-refractivity contribution >= 4 is 38.9 Å². The summed E-state index contributed by atoms with van der Waals surface area (Å²) < 4.78 is 1.03. The van der Waals surface area contributed by atoms with Crippen molar-refractivity contribution in [2.45, 2.75) is 26.2 Å². The van der Waals surface area contributed by atoms with E-state index in [1.807, 2.05) is 30.6 Å². The molecule has 20 heavy (non-hydrogen) atoms. The Morgan fingerprint density at radius 1 is 1.50 bits per heavy atom. The lowest BCUT2D eigenvalue weighted by molar-refractivity contribution is -0.120. The Kier molecular flexibility index (Phi) is 3.89. The summed E-state index contributed by atoms with van der Waals surface area (Å²) in [6.45, 7) is 2.00. The molecule has 1 aliphatic carbocycles. The van der Waals surface area contributed by atoms with Gasteiger partial charge < -0.3 is 5.32 Å². The minimum atomic E-state index is 0.0611. The van der Waals surface area contributed by atoms with E-state index in [9.17, 15) is 4.79 Å². The number of carbonyl (C=O) groups is 1. The van der Waals surface area contributed by atoms with Crippen LogP contribution in [0.3, 0.4) is 0 Å². The molecule has 1 heterocycles. The van der Waals surface area contributed by atoms with E-state index in [-0.39, 0.29) is 11.8 Å². The smallest absolute Gasteiger partial charge is 0.227 e. The predicted octanol–water partition coefficient (Wildman–Crippen LogP) is 3.96. The summed E-state index contributed by atoms with van der Waals surface area (Å²) in [5, 5.41) is 3.05. The third-order valence-electron chi connectivity index (χ3n) is 3.70. The molecule has 0 spiro atoms. The van der Waals surface area contributed by atoms with E-state index in [1.165, 1.54) is 10.6 Å². The molecule has 1 amide bonds. The maximum absolute atomic E-state index is 12.4. The zero-order valence-electron chi connectivity index (χ0n) is 11.1. The molecule has 1 atom stereocenters. The number of nitrogens with zero attached hydrogens (tertiary/aromatic N) is 1. The maximum Gasteiger partial charge on any atom is 0.227 e. The summed E-state index contributed by atoms with van der Waals surface area (Å²) in [5.74, 6) is 0.181. The number of hydrogen-bond acceptors (Lipinski definition) is 3. The number of amides is 1. The third-order valence-corrected chi connectivity index (χ3v) is 5.09. The van der Waals surface area contributed by atoms with Crippen molar-refractivity contribution in [3.63, 3.8) is 0 Å². The summed E-state index contributed by atoms with van der Waals surface area (Å²) in [7, 11) is 0. The monoisotopic (exact) mass is 350 g/mol. The Morgan fingerprint density at radius 2 is 2.35 bits per heavy atom. The van der Waals surface area contributed by atoms with Gasteiger partial charge in [-0.25, -0.2) is 4.98 Å². The van der Waals surface area contributed by atoms with Crippen LogP contribution in [-0.4, -0.2) is 10.9 Å². The van der Waals surface area contributed by atoms with E-state index in [2.05, 4.69) is 26.2 Å². The molecule has 3 rings (SSSR count). The van der Waals surface area contributed by atoms with Crippen LogP contribution in [0, 0.1) is 12.8 Å². The first-order valence-corrected chi connectivity index (χ1v) is 8.29. The summed E-state index contributed by atoms with van der Waals surface area (Å²) >= 11 is 5.10. The first-order valence-electron chi connectivity index (χ1n) is 6.62. The second-order valence-electron chi connectivity index (χ2n) is 5.11. The van der Waals surface area contributed by atoms with Gasteiger partial charge >= 0.3 is 0 Å². The Labute approximate surface area is 130 Å². The fourth-order valence-electron chi connectivity index (χ4n) is 2.53. The van der Waals surface area contributed by atoms with Crippen molar-refractivity contribution in [2.24, 2.45) is 5.92 Å². The first kappa shape index (κ1) is 13.8. The highest BCUT2D eigenvalue weighted by Crippen LogP contribution is 2.29. The molecule has 0 saturated heterocycles. The van der Waals surface area contributed by atoms with Crippen molar-refractivity contribution in [3.05, 3.63) is 44.3 Å². The first-order chi connectivity index (χ1) is 9.63. The average molecular weight is 351 g/mol. The van der Waals surface area contributed by atoms with E-state index < -0.39 is 0 Å². The summed E-state index contributed by atoms with van der Waals surface area (Å²) in [5.41, 5.74) is 5.03. The van der Waals surface area contributed by atoms with Crippen molar-refractivity contribution in [2.75, 3.05) is 5.32 Å². The van der Waals surface area contributed by atoms with Crippen LogP contribution in [0.15, 0.2) is 28.2 Å². The van der Waals surface area contributed by atoms with E-state index in [1.54, 1.807) is 11.3 Å². The van der Waals surface area contributed by atoms with Gasteiger partial charge in [0.25, 0.3) is 0 Å². The SMILES string of the molecule is Cc1cc(Br)ccc1NC(=O)C1CCc2ncsc2C1. The molecule has 0 radical (unpaired) electrons. The van der Waals surface area contributed by atoms with E-state index in [0.29, 0.717) is 0 Å². The van der Waals surface area contributed by atoms with E-state index >= 15 is 0 Å². The van der Waals surface area contributed by atoms with Crippen molar-refractivity contribution in [1.82, 2.24) is 4.98 Å². The van der Waals surface area contributed by atoms with Gasteiger partial charge in [0.1, 0.15) is 0 Å². The molecule has 1 aromatic carbocycles. The van der Waals surface area contributed by atoms with Gasteiger partial charge in [-0.3, -0.25) is 4.79 Å². The maximum atomic E-state index is 12.4. The van der Waals surface area contributed by atoms with Crippen LogP contribution in [-0.2, 0) is 17.6 Å². The van der Waals surface area contributed by atoms with Crippen LogP contribution in [0.1, 0.15) is 22.6 Å². The van der Waals surface area contributed by atoms with Gasteiger partial charge in [0.2, 0.25) is 5.91 Å². The van der Waals surface area contributed by atoms with Crippen LogP contribution < -0.4 is 5.32 Å². The van der Waals surface area contributed by atoms with Crippen LogP contribution in [0.5, 0.6) is 0 Å². The summed E-state index contributed by atoms with van der Waals surface area (Å²) in [4.78, 5) is 18.0. The van der Waals surface area contributed by atoms with Crippen molar-refractivity contribution in [3.8, 4) is 0 Å². The van der Waals surface area contributed by atoms with Gasteiger partial charge in [-0.1, -0.05) is 15.9 Å². The standard InChI is InChI=1S/C15H15BrN2OS/c1-9-6-11(16)3-5-12(9)18-15(19)10-2-4-13-14(7-10)20-8-17-13/h3,5-6,8,10H,2,4,7H2,1H3,(H,18,19). The second-order valence-corrected chi connectivity index (χ2v) is 6.97. The number of nitrogens with one attached hydrogen (secondary N) is 1. The number of aromatic nitrogens is 1. The molecule has 1 aliphatic rings. The molecule has 5 heteroatoms. The van der Waals surface area contributed by atoms with Crippen LogP contribution in [0.2, 0.25) is 0 Å². The molecule has 104 valence electrons. The summed E-state index contributed by atoms with van der Waals surface area (Å²) in [6, 6.07) is 5.90. The average Bonchev–Trinajstić information content (AvgIpc) is 2.89. The molecule has 0 fully saturated rings. The Balaban J connectivity index is 1.71. The highest BCUT2D eigenvalue weighted by Gasteiger charge is 2.26. The molecule has 3 nitrogen and oxygen atoms in total. The second kappa shape index (κ2) is 5.66. The molecule has 0 aliphatic heterocycles. The molecule has 0 saturated carbocycles.